The van der Waals surface area contributed by atoms with Crippen LogP contribution in [0.5, 0.6) is 0 Å². The summed E-state index contributed by atoms with van der Waals surface area (Å²) in [5.74, 6) is 0.735. The van der Waals surface area contributed by atoms with Crippen molar-refractivity contribution < 1.29 is 9.53 Å². The second-order valence-corrected chi connectivity index (χ2v) is 7.86. The van der Waals surface area contributed by atoms with Gasteiger partial charge in [0.05, 0.1) is 19.1 Å². The van der Waals surface area contributed by atoms with Gasteiger partial charge in [-0.3, -0.25) is 9.69 Å². The minimum Gasteiger partial charge on any atom is -0.379 e. The molecule has 2 aliphatic rings. The van der Waals surface area contributed by atoms with Gasteiger partial charge in [-0.15, -0.1) is 0 Å². The molecule has 0 unspecified atom stereocenters. The van der Waals surface area contributed by atoms with Crippen molar-refractivity contribution in [3.8, 4) is 0 Å². The van der Waals surface area contributed by atoms with Crippen molar-refractivity contribution in [1.29, 1.82) is 0 Å². The fourth-order valence-electron chi connectivity index (χ4n) is 3.92. The maximum atomic E-state index is 12.8. The number of nitrogens with one attached hydrogen (secondary N) is 1. The lowest BCUT2D eigenvalue weighted by molar-refractivity contribution is -0.120. The second kappa shape index (κ2) is 9.33. The molecule has 1 aromatic carbocycles. The highest BCUT2D eigenvalue weighted by Gasteiger charge is 2.27. The van der Waals surface area contributed by atoms with Gasteiger partial charge in [-0.25, -0.2) is 9.97 Å². The van der Waals surface area contributed by atoms with E-state index in [9.17, 15) is 4.79 Å². The summed E-state index contributed by atoms with van der Waals surface area (Å²) in [5.41, 5.74) is 3.05. The van der Waals surface area contributed by atoms with Gasteiger partial charge < -0.3 is 15.0 Å². The zero-order valence-electron chi connectivity index (χ0n) is 17.0. The molecule has 7 nitrogen and oxygen atoms in total. The molecule has 0 saturated carbocycles. The Kier molecular flexibility index (Phi) is 6.36. The van der Waals surface area contributed by atoms with Gasteiger partial charge in [0, 0.05) is 50.3 Å². The van der Waals surface area contributed by atoms with Crippen LogP contribution in [0.25, 0.3) is 0 Å². The van der Waals surface area contributed by atoms with E-state index < -0.39 is 0 Å². The minimum atomic E-state index is -0.0547. The van der Waals surface area contributed by atoms with Gasteiger partial charge in [-0.2, -0.15) is 0 Å². The van der Waals surface area contributed by atoms with E-state index >= 15 is 0 Å². The van der Waals surface area contributed by atoms with Gasteiger partial charge in [-0.1, -0.05) is 12.1 Å². The number of amides is 1. The standard InChI is InChI=1S/C22H29N5O2/c1-17-8-9-23-22(24-17)27-10-2-3-19(16-27)21(28)25-20-6-4-18(5-7-20)15-26-11-13-29-14-12-26/h4-9,19H,2-3,10-16H2,1H3,(H,25,28)/t19-/m0/s1. The van der Waals surface area contributed by atoms with E-state index in [0.29, 0.717) is 6.54 Å². The number of hydrogen-bond donors (Lipinski definition) is 1. The van der Waals surface area contributed by atoms with Crippen molar-refractivity contribution in [3.05, 3.63) is 47.8 Å². The summed E-state index contributed by atoms with van der Waals surface area (Å²) in [6, 6.07) is 10.1. The third-order valence-corrected chi connectivity index (χ3v) is 5.59. The molecular weight excluding hydrogens is 366 g/mol. The topological polar surface area (TPSA) is 70.6 Å². The molecule has 2 saturated heterocycles. The third-order valence-electron chi connectivity index (χ3n) is 5.59. The van der Waals surface area contributed by atoms with Crippen LogP contribution in [0.3, 0.4) is 0 Å². The van der Waals surface area contributed by atoms with Gasteiger partial charge in [0.2, 0.25) is 11.9 Å². The molecule has 7 heteroatoms. The molecule has 0 bridgehead atoms. The number of aromatic nitrogens is 2. The first-order chi connectivity index (χ1) is 14.2. The lowest BCUT2D eigenvalue weighted by atomic mass is 9.97. The Morgan fingerprint density at radius 1 is 1.17 bits per heavy atom. The average Bonchev–Trinajstić information content (AvgIpc) is 2.76. The number of nitrogens with zero attached hydrogens (tertiary/aromatic N) is 4. The predicted octanol–water partition coefficient (Wildman–Crippen LogP) is 2.47. The molecule has 29 heavy (non-hydrogen) atoms. The second-order valence-electron chi connectivity index (χ2n) is 7.86. The van der Waals surface area contributed by atoms with Crippen LogP contribution in [-0.4, -0.2) is 60.2 Å². The summed E-state index contributed by atoms with van der Waals surface area (Å²) in [7, 11) is 0. The molecular formula is C22H29N5O2. The van der Waals surface area contributed by atoms with Crippen molar-refractivity contribution in [1.82, 2.24) is 14.9 Å². The average molecular weight is 396 g/mol. The van der Waals surface area contributed by atoms with E-state index in [1.807, 2.05) is 25.1 Å². The number of piperidine rings is 1. The van der Waals surface area contributed by atoms with Crippen molar-refractivity contribution >= 4 is 17.5 Å². The molecule has 2 aromatic rings. The molecule has 0 spiro atoms. The van der Waals surface area contributed by atoms with Gasteiger partial charge in [0.15, 0.2) is 0 Å². The van der Waals surface area contributed by atoms with Crippen LogP contribution >= 0.6 is 0 Å². The molecule has 0 radical (unpaired) electrons. The number of hydrogen-bond acceptors (Lipinski definition) is 6. The quantitative estimate of drug-likeness (QED) is 0.839. The molecule has 3 heterocycles. The first-order valence-electron chi connectivity index (χ1n) is 10.4. The summed E-state index contributed by atoms with van der Waals surface area (Å²) in [6.45, 7) is 7.99. The maximum absolute atomic E-state index is 12.8. The smallest absolute Gasteiger partial charge is 0.229 e. The predicted molar refractivity (Wildman–Crippen MR) is 113 cm³/mol. The minimum absolute atomic E-state index is 0.0547. The molecule has 1 aromatic heterocycles. The molecule has 0 aliphatic carbocycles. The van der Waals surface area contributed by atoms with Crippen LogP contribution < -0.4 is 10.2 Å². The number of carbonyl (C=O) groups excluding carboxylic acids is 1. The number of benzene rings is 1. The number of aryl methyl sites for hydroxylation is 1. The lowest BCUT2D eigenvalue weighted by Crippen LogP contribution is -2.41. The summed E-state index contributed by atoms with van der Waals surface area (Å²) < 4.78 is 5.40. The zero-order chi connectivity index (χ0) is 20.1. The Morgan fingerprint density at radius 2 is 1.97 bits per heavy atom. The Labute approximate surface area is 172 Å². The van der Waals surface area contributed by atoms with Crippen molar-refractivity contribution in [2.75, 3.05) is 49.6 Å². The maximum Gasteiger partial charge on any atom is 0.229 e. The molecule has 4 rings (SSSR count). The number of anilines is 2. The highest BCUT2D eigenvalue weighted by Crippen LogP contribution is 2.22. The van der Waals surface area contributed by atoms with Crippen LogP contribution in [-0.2, 0) is 16.1 Å². The third kappa shape index (κ3) is 5.31. The number of morpholine rings is 1. The zero-order valence-corrected chi connectivity index (χ0v) is 17.0. The normalized spacial score (nSPS) is 20.4. The summed E-state index contributed by atoms with van der Waals surface area (Å²) in [5, 5.41) is 3.09. The fourth-order valence-corrected chi connectivity index (χ4v) is 3.92. The highest BCUT2D eigenvalue weighted by molar-refractivity contribution is 5.93. The van der Waals surface area contributed by atoms with Gasteiger partial charge in [0.25, 0.3) is 0 Å². The van der Waals surface area contributed by atoms with Crippen molar-refractivity contribution in [2.24, 2.45) is 5.92 Å². The van der Waals surface area contributed by atoms with Crippen molar-refractivity contribution in [2.45, 2.75) is 26.3 Å². The first-order valence-corrected chi connectivity index (χ1v) is 10.4. The molecule has 2 fully saturated rings. The van der Waals surface area contributed by atoms with Gasteiger partial charge in [-0.05, 0) is 43.5 Å². The van der Waals surface area contributed by atoms with Crippen LogP contribution in [0.1, 0.15) is 24.1 Å². The van der Waals surface area contributed by atoms with Crippen LogP contribution in [0, 0.1) is 12.8 Å². The van der Waals surface area contributed by atoms with Gasteiger partial charge >= 0.3 is 0 Å². The Balaban J connectivity index is 1.32. The SMILES string of the molecule is Cc1ccnc(N2CCC[C@H](C(=O)Nc3ccc(CN4CCOCC4)cc3)C2)n1. The van der Waals surface area contributed by atoms with E-state index in [-0.39, 0.29) is 11.8 Å². The number of carbonyl (C=O) groups is 1. The molecule has 1 amide bonds. The Morgan fingerprint density at radius 3 is 2.72 bits per heavy atom. The monoisotopic (exact) mass is 395 g/mol. The van der Waals surface area contributed by atoms with E-state index in [4.69, 9.17) is 4.74 Å². The summed E-state index contributed by atoms with van der Waals surface area (Å²) >= 11 is 0. The molecule has 2 aliphatic heterocycles. The summed E-state index contributed by atoms with van der Waals surface area (Å²) in [6.07, 6.45) is 3.64. The van der Waals surface area contributed by atoms with Crippen LogP contribution in [0.15, 0.2) is 36.5 Å². The van der Waals surface area contributed by atoms with E-state index in [1.165, 1.54) is 5.56 Å². The van der Waals surface area contributed by atoms with Crippen LogP contribution in [0.4, 0.5) is 11.6 Å². The molecule has 1 N–H and O–H groups in total. The molecule has 1 atom stereocenters. The summed E-state index contributed by atoms with van der Waals surface area (Å²) in [4.78, 5) is 26.2. The highest BCUT2D eigenvalue weighted by atomic mass is 16.5. The van der Waals surface area contributed by atoms with E-state index in [1.54, 1.807) is 6.20 Å². The largest absolute Gasteiger partial charge is 0.379 e. The number of ether oxygens (including phenoxy) is 1. The number of rotatable bonds is 5. The van der Waals surface area contributed by atoms with E-state index in [0.717, 1.165) is 69.6 Å². The lowest BCUT2D eigenvalue weighted by Gasteiger charge is -2.32. The Bertz CT molecular complexity index is 820. The Hall–Kier alpha value is -2.51. The first kappa shape index (κ1) is 19.8. The van der Waals surface area contributed by atoms with Crippen LogP contribution in [0.2, 0.25) is 0 Å². The fraction of sp³-hybridized carbons (Fsp3) is 0.500. The van der Waals surface area contributed by atoms with E-state index in [2.05, 4.69) is 37.2 Å². The van der Waals surface area contributed by atoms with Gasteiger partial charge in [0.1, 0.15) is 0 Å². The van der Waals surface area contributed by atoms with Crippen molar-refractivity contribution in [3.63, 3.8) is 0 Å². The molecule has 154 valence electrons.